The van der Waals surface area contributed by atoms with Crippen LogP contribution in [0.15, 0.2) is 18.2 Å². The van der Waals surface area contributed by atoms with Crippen molar-refractivity contribution in [1.82, 2.24) is 0 Å². The maximum atomic E-state index is 9.77. The largest absolute Gasteiger partial charge is 0.488 e. The number of benzene rings is 1. The van der Waals surface area contributed by atoms with Crippen molar-refractivity contribution in [2.75, 3.05) is 0 Å². The Labute approximate surface area is 105 Å². The Bertz CT molecular complexity index is 368. The summed E-state index contributed by atoms with van der Waals surface area (Å²) < 4.78 is 5.71. The monoisotopic (exact) mass is 260 g/mol. The lowest BCUT2D eigenvalue weighted by Gasteiger charge is -2.28. The Balaban J connectivity index is 2.05. The third kappa shape index (κ3) is 2.82. The van der Waals surface area contributed by atoms with Gasteiger partial charge in [-0.2, -0.15) is 0 Å². The summed E-state index contributed by atoms with van der Waals surface area (Å²) in [5.41, 5.74) is 0. The second-order valence-corrected chi connectivity index (χ2v) is 4.90. The van der Waals surface area contributed by atoms with Gasteiger partial charge < -0.3 is 9.84 Å². The van der Waals surface area contributed by atoms with Gasteiger partial charge in [-0.15, -0.1) is 0 Å². The fourth-order valence-corrected chi connectivity index (χ4v) is 2.23. The molecule has 0 heterocycles. The lowest BCUT2D eigenvalue weighted by Crippen LogP contribution is -2.34. The summed E-state index contributed by atoms with van der Waals surface area (Å²) in [6.45, 7) is 0. The van der Waals surface area contributed by atoms with Gasteiger partial charge in [-0.05, 0) is 31.4 Å². The highest BCUT2D eigenvalue weighted by Gasteiger charge is 2.24. The average Bonchev–Trinajstić information content (AvgIpc) is 2.27. The van der Waals surface area contributed by atoms with Gasteiger partial charge in [0, 0.05) is 6.07 Å². The summed E-state index contributed by atoms with van der Waals surface area (Å²) in [6.07, 6.45) is 3.38. The first-order valence-electron chi connectivity index (χ1n) is 5.46. The van der Waals surface area contributed by atoms with Gasteiger partial charge in [0.05, 0.1) is 16.1 Å². The number of ether oxygens (including phenoxy) is 1. The van der Waals surface area contributed by atoms with Crippen LogP contribution in [0.1, 0.15) is 25.7 Å². The van der Waals surface area contributed by atoms with E-state index in [1.807, 2.05) is 0 Å². The molecule has 0 saturated heterocycles. The molecule has 88 valence electrons. The molecule has 1 saturated carbocycles. The molecule has 2 nitrogen and oxygen atoms in total. The minimum atomic E-state index is -0.372. The first-order chi connectivity index (χ1) is 7.66. The number of halogens is 2. The summed E-state index contributed by atoms with van der Waals surface area (Å²) in [6, 6.07) is 5.16. The van der Waals surface area contributed by atoms with Gasteiger partial charge in [-0.3, -0.25) is 0 Å². The first-order valence-corrected chi connectivity index (χ1v) is 6.22. The second kappa shape index (κ2) is 5.26. The third-order valence-electron chi connectivity index (χ3n) is 2.85. The Hall–Kier alpha value is -0.440. The normalized spacial score (nSPS) is 25.4. The number of hydrogen-bond acceptors (Lipinski definition) is 2. The van der Waals surface area contributed by atoms with Gasteiger partial charge in [0.25, 0.3) is 0 Å². The van der Waals surface area contributed by atoms with E-state index in [-0.39, 0.29) is 12.2 Å². The molecule has 0 aromatic heterocycles. The Morgan fingerprint density at radius 2 is 1.88 bits per heavy atom. The molecule has 2 atom stereocenters. The fourth-order valence-electron chi connectivity index (χ4n) is 1.94. The highest BCUT2D eigenvalue weighted by Crippen LogP contribution is 2.29. The maximum absolute atomic E-state index is 9.77. The summed E-state index contributed by atoms with van der Waals surface area (Å²) >= 11 is 11.7. The van der Waals surface area contributed by atoms with E-state index in [0.717, 1.165) is 25.7 Å². The minimum absolute atomic E-state index is 0.119. The van der Waals surface area contributed by atoms with Gasteiger partial charge in [-0.1, -0.05) is 29.6 Å². The molecule has 4 heteroatoms. The van der Waals surface area contributed by atoms with Crippen molar-refractivity contribution >= 4 is 23.2 Å². The molecule has 1 N–H and O–H groups in total. The highest BCUT2D eigenvalue weighted by atomic mass is 35.5. The van der Waals surface area contributed by atoms with E-state index in [4.69, 9.17) is 27.9 Å². The van der Waals surface area contributed by atoms with Gasteiger partial charge in [0.2, 0.25) is 0 Å². The Morgan fingerprint density at radius 3 is 2.56 bits per heavy atom. The zero-order chi connectivity index (χ0) is 11.5. The highest BCUT2D eigenvalue weighted by molar-refractivity contribution is 6.42. The molecular weight excluding hydrogens is 247 g/mol. The molecule has 0 spiro atoms. The summed E-state index contributed by atoms with van der Waals surface area (Å²) in [5.74, 6) is 0.667. The molecule has 0 radical (unpaired) electrons. The van der Waals surface area contributed by atoms with Crippen molar-refractivity contribution in [1.29, 1.82) is 0 Å². The van der Waals surface area contributed by atoms with Crippen LogP contribution in [0, 0.1) is 0 Å². The van der Waals surface area contributed by atoms with Gasteiger partial charge in [0.15, 0.2) is 0 Å². The quantitative estimate of drug-likeness (QED) is 0.880. The van der Waals surface area contributed by atoms with Crippen LogP contribution in [0.25, 0.3) is 0 Å². The van der Waals surface area contributed by atoms with Crippen molar-refractivity contribution in [3.8, 4) is 5.75 Å². The summed E-state index contributed by atoms with van der Waals surface area (Å²) in [5, 5.41) is 10.8. The van der Waals surface area contributed by atoms with Crippen LogP contribution >= 0.6 is 23.2 Å². The minimum Gasteiger partial charge on any atom is -0.488 e. The fraction of sp³-hybridized carbons (Fsp3) is 0.500. The molecule has 0 bridgehead atoms. The molecular formula is C12H14Cl2O2. The molecule has 1 aromatic rings. The van der Waals surface area contributed by atoms with Crippen molar-refractivity contribution in [2.24, 2.45) is 0 Å². The van der Waals surface area contributed by atoms with Crippen LogP contribution < -0.4 is 4.74 Å². The molecule has 0 unspecified atom stereocenters. The van der Waals surface area contributed by atoms with Crippen LogP contribution in [0.3, 0.4) is 0 Å². The molecule has 0 aliphatic heterocycles. The first kappa shape index (κ1) is 12.0. The molecule has 0 amide bonds. The van der Waals surface area contributed by atoms with E-state index < -0.39 is 0 Å². The number of aliphatic hydroxyl groups is 1. The van der Waals surface area contributed by atoms with E-state index >= 15 is 0 Å². The number of hydrogen-bond donors (Lipinski definition) is 1. The average molecular weight is 261 g/mol. The lowest BCUT2D eigenvalue weighted by atomic mass is 9.95. The van der Waals surface area contributed by atoms with E-state index in [0.29, 0.717) is 15.8 Å². The molecule has 1 aliphatic rings. The summed E-state index contributed by atoms with van der Waals surface area (Å²) in [7, 11) is 0. The predicted octanol–water partition coefficient (Wildman–Crippen LogP) is 3.68. The lowest BCUT2D eigenvalue weighted by molar-refractivity contribution is 0.00688. The van der Waals surface area contributed by atoms with E-state index in [1.165, 1.54) is 0 Å². The van der Waals surface area contributed by atoms with Crippen molar-refractivity contribution < 1.29 is 9.84 Å². The molecule has 1 fully saturated rings. The van der Waals surface area contributed by atoms with Crippen LogP contribution in [0.2, 0.25) is 10.0 Å². The SMILES string of the molecule is O[C@@H]1CCCC[C@H]1Oc1ccc(Cl)c(Cl)c1. The van der Waals surface area contributed by atoms with Crippen molar-refractivity contribution in [3.63, 3.8) is 0 Å². The number of aliphatic hydroxyl groups excluding tert-OH is 1. The third-order valence-corrected chi connectivity index (χ3v) is 3.59. The van der Waals surface area contributed by atoms with E-state index in [2.05, 4.69) is 0 Å². The van der Waals surface area contributed by atoms with Crippen LogP contribution in [-0.4, -0.2) is 17.3 Å². The summed E-state index contributed by atoms with van der Waals surface area (Å²) in [4.78, 5) is 0. The smallest absolute Gasteiger partial charge is 0.124 e. The Kier molecular flexibility index (Phi) is 3.95. The maximum Gasteiger partial charge on any atom is 0.124 e. The van der Waals surface area contributed by atoms with Gasteiger partial charge in [-0.25, -0.2) is 0 Å². The second-order valence-electron chi connectivity index (χ2n) is 4.08. The zero-order valence-corrected chi connectivity index (χ0v) is 10.3. The zero-order valence-electron chi connectivity index (χ0n) is 8.83. The molecule has 1 aromatic carbocycles. The predicted molar refractivity (Wildman–Crippen MR) is 65.4 cm³/mol. The molecule has 2 rings (SSSR count). The van der Waals surface area contributed by atoms with Crippen LogP contribution in [0.4, 0.5) is 0 Å². The van der Waals surface area contributed by atoms with Crippen LogP contribution in [0.5, 0.6) is 5.75 Å². The number of rotatable bonds is 2. The molecule has 16 heavy (non-hydrogen) atoms. The topological polar surface area (TPSA) is 29.5 Å². The van der Waals surface area contributed by atoms with Crippen molar-refractivity contribution in [2.45, 2.75) is 37.9 Å². The van der Waals surface area contributed by atoms with Crippen molar-refractivity contribution in [3.05, 3.63) is 28.2 Å². The van der Waals surface area contributed by atoms with Crippen LogP contribution in [-0.2, 0) is 0 Å². The van der Waals surface area contributed by atoms with Gasteiger partial charge in [0.1, 0.15) is 11.9 Å². The van der Waals surface area contributed by atoms with E-state index in [1.54, 1.807) is 18.2 Å². The van der Waals surface area contributed by atoms with E-state index in [9.17, 15) is 5.11 Å². The Morgan fingerprint density at radius 1 is 1.12 bits per heavy atom. The standard InChI is InChI=1S/C12H14Cl2O2/c13-9-6-5-8(7-10(9)14)16-12-4-2-1-3-11(12)15/h5-7,11-12,15H,1-4H2/t11-,12-/m1/s1. The molecule has 1 aliphatic carbocycles. The van der Waals surface area contributed by atoms with Gasteiger partial charge >= 0.3 is 0 Å².